The van der Waals surface area contributed by atoms with Gasteiger partial charge in [0.2, 0.25) is 11.8 Å². The van der Waals surface area contributed by atoms with Gasteiger partial charge in [0.05, 0.1) is 17.9 Å². The molecule has 0 bridgehead atoms. The molecule has 0 saturated carbocycles. The fraction of sp³-hybridized carbons (Fsp3) is 0.542. The maximum absolute atomic E-state index is 12.5. The van der Waals surface area contributed by atoms with Gasteiger partial charge in [0.15, 0.2) is 0 Å². The van der Waals surface area contributed by atoms with Gasteiger partial charge < -0.3 is 10.6 Å². The molecule has 164 valence electrons. The van der Waals surface area contributed by atoms with E-state index in [1.165, 1.54) is 5.56 Å². The summed E-state index contributed by atoms with van der Waals surface area (Å²) >= 11 is 0. The third kappa shape index (κ3) is 6.71. The van der Waals surface area contributed by atoms with Crippen LogP contribution in [0, 0.1) is 13.8 Å². The summed E-state index contributed by atoms with van der Waals surface area (Å²) < 4.78 is 1.78. The van der Waals surface area contributed by atoms with Crippen LogP contribution in [0.15, 0.2) is 24.3 Å². The van der Waals surface area contributed by atoms with Crippen molar-refractivity contribution in [2.45, 2.75) is 79.1 Å². The molecule has 30 heavy (non-hydrogen) atoms. The SMILES string of the molecule is CCCCCCC(=O)NCC(=O)Nc1cc(C(C)(C)C)nn1-c1ccc(C)cc1C. The van der Waals surface area contributed by atoms with Crippen LogP contribution in [-0.2, 0) is 15.0 Å². The average molecular weight is 413 g/mol. The van der Waals surface area contributed by atoms with E-state index in [9.17, 15) is 9.59 Å². The number of aromatic nitrogens is 2. The van der Waals surface area contributed by atoms with Crippen LogP contribution in [0.3, 0.4) is 0 Å². The van der Waals surface area contributed by atoms with Gasteiger partial charge in [0.25, 0.3) is 0 Å². The molecular weight excluding hydrogens is 376 g/mol. The van der Waals surface area contributed by atoms with E-state index in [0.717, 1.165) is 42.6 Å². The first-order valence-electron chi connectivity index (χ1n) is 10.9. The molecule has 2 aromatic rings. The Hall–Kier alpha value is -2.63. The second kappa shape index (κ2) is 10.4. The minimum absolute atomic E-state index is 0.0461. The molecule has 0 aliphatic carbocycles. The Kier molecular flexibility index (Phi) is 8.21. The number of unbranched alkanes of at least 4 members (excludes halogenated alkanes) is 3. The van der Waals surface area contributed by atoms with Crippen molar-refractivity contribution in [3.8, 4) is 5.69 Å². The number of aryl methyl sites for hydroxylation is 2. The molecule has 0 fully saturated rings. The zero-order valence-corrected chi connectivity index (χ0v) is 19.3. The fourth-order valence-corrected chi connectivity index (χ4v) is 3.23. The molecule has 0 atom stereocenters. The number of hydrogen-bond donors (Lipinski definition) is 2. The lowest BCUT2D eigenvalue weighted by atomic mass is 9.92. The van der Waals surface area contributed by atoms with Crippen molar-refractivity contribution < 1.29 is 9.59 Å². The Morgan fingerprint density at radius 3 is 2.40 bits per heavy atom. The third-order valence-corrected chi connectivity index (χ3v) is 5.03. The van der Waals surface area contributed by atoms with Crippen molar-refractivity contribution in [2.75, 3.05) is 11.9 Å². The molecule has 6 nitrogen and oxygen atoms in total. The lowest BCUT2D eigenvalue weighted by Gasteiger charge is -2.14. The summed E-state index contributed by atoms with van der Waals surface area (Å²) in [7, 11) is 0. The predicted molar refractivity (Wildman–Crippen MR) is 122 cm³/mol. The first-order valence-corrected chi connectivity index (χ1v) is 10.9. The number of carbonyl (C=O) groups is 2. The highest BCUT2D eigenvalue weighted by Crippen LogP contribution is 2.27. The smallest absolute Gasteiger partial charge is 0.244 e. The van der Waals surface area contributed by atoms with Crippen LogP contribution in [0.25, 0.3) is 5.69 Å². The molecule has 1 heterocycles. The molecule has 0 aliphatic heterocycles. The Morgan fingerprint density at radius 1 is 1.03 bits per heavy atom. The Labute approximate surface area is 180 Å². The zero-order valence-electron chi connectivity index (χ0n) is 19.3. The van der Waals surface area contributed by atoms with E-state index >= 15 is 0 Å². The van der Waals surface area contributed by atoms with Crippen LogP contribution >= 0.6 is 0 Å². The van der Waals surface area contributed by atoms with Gasteiger partial charge in [-0.05, 0) is 31.9 Å². The highest BCUT2D eigenvalue weighted by Gasteiger charge is 2.22. The Bertz CT molecular complexity index is 878. The van der Waals surface area contributed by atoms with Gasteiger partial charge in [-0.25, -0.2) is 4.68 Å². The lowest BCUT2D eigenvalue weighted by molar-refractivity contribution is -0.124. The van der Waals surface area contributed by atoms with Crippen LogP contribution in [0.2, 0.25) is 0 Å². The third-order valence-electron chi connectivity index (χ3n) is 5.03. The topological polar surface area (TPSA) is 76.0 Å². The molecule has 2 N–H and O–H groups in total. The molecule has 0 aliphatic rings. The summed E-state index contributed by atoms with van der Waals surface area (Å²) in [4.78, 5) is 24.5. The number of amides is 2. The summed E-state index contributed by atoms with van der Waals surface area (Å²) in [5, 5.41) is 10.4. The Morgan fingerprint density at radius 2 is 1.77 bits per heavy atom. The van der Waals surface area contributed by atoms with E-state index in [1.807, 2.05) is 32.0 Å². The van der Waals surface area contributed by atoms with Gasteiger partial charge in [-0.15, -0.1) is 0 Å². The number of hydrogen-bond acceptors (Lipinski definition) is 3. The monoisotopic (exact) mass is 412 g/mol. The first-order chi connectivity index (χ1) is 14.1. The molecule has 2 amide bonds. The van der Waals surface area contributed by atoms with Gasteiger partial charge in [-0.1, -0.05) is 64.7 Å². The summed E-state index contributed by atoms with van der Waals surface area (Å²) in [6, 6.07) is 8.05. The predicted octanol–water partition coefficient (Wildman–Crippen LogP) is 4.81. The van der Waals surface area contributed by atoms with Crippen LogP contribution in [-0.4, -0.2) is 28.1 Å². The largest absolute Gasteiger partial charge is 0.347 e. The minimum Gasteiger partial charge on any atom is -0.347 e. The molecule has 1 aromatic carbocycles. The van der Waals surface area contributed by atoms with E-state index in [2.05, 4.69) is 44.4 Å². The molecule has 2 rings (SSSR count). The molecule has 6 heteroatoms. The molecular formula is C24H36N4O2. The number of benzene rings is 1. The van der Waals surface area contributed by atoms with Crippen LogP contribution in [0.4, 0.5) is 5.82 Å². The minimum atomic E-state index is -0.261. The van der Waals surface area contributed by atoms with E-state index in [1.54, 1.807) is 4.68 Å². The van der Waals surface area contributed by atoms with Crippen LogP contribution in [0.1, 0.15) is 76.6 Å². The highest BCUT2D eigenvalue weighted by atomic mass is 16.2. The van der Waals surface area contributed by atoms with Crippen LogP contribution in [0.5, 0.6) is 0 Å². The van der Waals surface area contributed by atoms with E-state index < -0.39 is 0 Å². The standard InChI is InChI=1S/C24H36N4O2/c1-7-8-9-10-11-22(29)25-16-23(30)26-21-15-20(24(4,5)6)27-28(21)19-13-12-17(2)14-18(19)3/h12-15H,7-11,16H2,1-6H3,(H,25,29)(H,26,30). The van der Waals surface area contributed by atoms with Gasteiger partial charge in [0.1, 0.15) is 5.82 Å². The van der Waals surface area contributed by atoms with Crippen molar-refractivity contribution in [2.24, 2.45) is 0 Å². The first kappa shape index (κ1) is 23.6. The van der Waals surface area contributed by atoms with Gasteiger partial charge in [-0.2, -0.15) is 5.10 Å². The summed E-state index contributed by atoms with van der Waals surface area (Å²) in [6.07, 6.45) is 4.62. The maximum Gasteiger partial charge on any atom is 0.244 e. The summed E-state index contributed by atoms with van der Waals surface area (Å²) in [6.45, 7) is 12.4. The lowest BCUT2D eigenvalue weighted by Crippen LogP contribution is -2.33. The normalized spacial score (nSPS) is 11.4. The average Bonchev–Trinajstić information content (AvgIpc) is 3.07. The molecule has 0 spiro atoms. The molecule has 0 saturated heterocycles. The number of nitrogens with one attached hydrogen (secondary N) is 2. The quantitative estimate of drug-likeness (QED) is 0.580. The van der Waals surface area contributed by atoms with Gasteiger partial charge in [-0.3, -0.25) is 9.59 Å². The van der Waals surface area contributed by atoms with Gasteiger partial charge in [0, 0.05) is 17.9 Å². The van der Waals surface area contributed by atoms with Crippen molar-refractivity contribution >= 4 is 17.6 Å². The number of carbonyl (C=O) groups excluding carboxylic acids is 2. The Balaban J connectivity index is 2.11. The second-order valence-corrected chi connectivity index (χ2v) is 9.00. The number of anilines is 1. The fourth-order valence-electron chi connectivity index (χ4n) is 3.23. The van der Waals surface area contributed by atoms with Crippen LogP contribution < -0.4 is 10.6 Å². The molecule has 0 radical (unpaired) electrons. The number of nitrogens with zero attached hydrogens (tertiary/aromatic N) is 2. The van der Waals surface area contributed by atoms with E-state index in [0.29, 0.717) is 12.2 Å². The van der Waals surface area contributed by atoms with E-state index in [-0.39, 0.29) is 23.8 Å². The van der Waals surface area contributed by atoms with Crippen molar-refractivity contribution in [1.29, 1.82) is 0 Å². The molecule has 1 aromatic heterocycles. The second-order valence-electron chi connectivity index (χ2n) is 9.00. The highest BCUT2D eigenvalue weighted by molar-refractivity contribution is 5.94. The van der Waals surface area contributed by atoms with Crippen molar-refractivity contribution in [3.05, 3.63) is 41.1 Å². The summed E-state index contributed by atoms with van der Waals surface area (Å²) in [5.41, 5.74) is 3.90. The number of rotatable bonds is 9. The van der Waals surface area contributed by atoms with Gasteiger partial charge >= 0.3 is 0 Å². The summed E-state index contributed by atoms with van der Waals surface area (Å²) in [5.74, 6) is 0.261. The molecule has 0 unspecified atom stereocenters. The maximum atomic E-state index is 12.5. The zero-order chi connectivity index (χ0) is 22.3. The van der Waals surface area contributed by atoms with Crippen molar-refractivity contribution in [1.82, 2.24) is 15.1 Å². The van der Waals surface area contributed by atoms with Crippen molar-refractivity contribution in [3.63, 3.8) is 0 Å². The van der Waals surface area contributed by atoms with E-state index in [4.69, 9.17) is 5.10 Å².